The van der Waals surface area contributed by atoms with Gasteiger partial charge in [0.2, 0.25) is 0 Å². The molecule has 1 N–H and O–H groups in total. The highest BCUT2D eigenvalue weighted by atomic mass is 19.4. The van der Waals surface area contributed by atoms with Crippen LogP contribution in [0.25, 0.3) is 0 Å². The summed E-state index contributed by atoms with van der Waals surface area (Å²) >= 11 is 0. The van der Waals surface area contributed by atoms with Crippen LogP contribution in [0.5, 0.6) is 0 Å². The summed E-state index contributed by atoms with van der Waals surface area (Å²) in [5.74, 6) is -0.424. The minimum atomic E-state index is -4.14. The van der Waals surface area contributed by atoms with Crippen LogP contribution in [0.15, 0.2) is 0 Å². The Labute approximate surface area is 71.3 Å². The standard InChI is InChI=1S/C8H16F3N/c1-5(2)7(8(9,10)11)12-6(3)4/h5-7,12H,1-4H3/t7-/m1/s1. The molecule has 0 fully saturated rings. The summed E-state index contributed by atoms with van der Waals surface area (Å²) in [7, 11) is 0. The van der Waals surface area contributed by atoms with Crippen molar-refractivity contribution in [2.24, 2.45) is 5.92 Å². The van der Waals surface area contributed by atoms with Crippen molar-refractivity contribution in [1.29, 1.82) is 0 Å². The fraction of sp³-hybridized carbons (Fsp3) is 1.00. The Morgan fingerprint density at radius 1 is 1.00 bits per heavy atom. The first-order valence-electron chi connectivity index (χ1n) is 4.08. The Morgan fingerprint density at radius 3 is 1.50 bits per heavy atom. The van der Waals surface area contributed by atoms with Gasteiger partial charge in [0, 0.05) is 6.04 Å². The molecular weight excluding hydrogens is 167 g/mol. The molecule has 0 aromatic rings. The zero-order chi connectivity index (χ0) is 9.94. The summed E-state index contributed by atoms with van der Waals surface area (Å²) in [6.07, 6.45) is -4.14. The highest BCUT2D eigenvalue weighted by molar-refractivity contribution is 4.79. The molecule has 12 heavy (non-hydrogen) atoms. The molecular formula is C8H16F3N. The van der Waals surface area contributed by atoms with Gasteiger partial charge < -0.3 is 5.32 Å². The van der Waals surface area contributed by atoms with Gasteiger partial charge in [-0.25, -0.2) is 0 Å². The molecule has 74 valence electrons. The summed E-state index contributed by atoms with van der Waals surface area (Å²) in [5, 5.41) is 2.49. The normalized spacial score (nSPS) is 15.8. The van der Waals surface area contributed by atoms with E-state index in [1.54, 1.807) is 27.7 Å². The molecule has 0 aliphatic heterocycles. The Kier molecular flexibility index (Phi) is 4.03. The Morgan fingerprint density at radius 2 is 1.42 bits per heavy atom. The van der Waals surface area contributed by atoms with Gasteiger partial charge >= 0.3 is 6.18 Å². The molecule has 1 atom stereocenters. The smallest absolute Gasteiger partial charge is 0.304 e. The van der Waals surface area contributed by atoms with Crippen LogP contribution >= 0.6 is 0 Å². The maximum absolute atomic E-state index is 12.3. The summed E-state index contributed by atoms with van der Waals surface area (Å²) in [6, 6.07) is -1.53. The highest BCUT2D eigenvalue weighted by Crippen LogP contribution is 2.25. The molecule has 4 heteroatoms. The maximum Gasteiger partial charge on any atom is 0.404 e. The van der Waals surface area contributed by atoms with Gasteiger partial charge in [-0.1, -0.05) is 27.7 Å². The number of rotatable bonds is 3. The molecule has 0 heterocycles. The molecule has 0 aliphatic carbocycles. The van der Waals surface area contributed by atoms with E-state index in [2.05, 4.69) is 5.32 Å². The van der Waals surface area contributed by atoms with E-state index in [-0.39, 0.29) is 6.04 Å². The van der Waals surface area contributed by atoms with Crippen molar-refractivity contribution < 1.29 is 13.2 Å². The fourth-order valence-electron chi connectivity index (χ4n) is 1.02. The van der Waals surface area contributed by atoms with E-state index in [0.29, 0.717) is 0 Å². The lowest BCUT2D eigenvalue weighted by Gasteiger charge is -2.26. The quantitative estimate of drug-likeness (QED) is 0.709. The number of hydrogen-bond donors (Lipinski definition) is 1. The van der Waals surface area contributed by atoms with Crippen LogP contribution < -0.4 is 5.32 Å². The Balaban J connectivity index is 4.25. The number of alkyl halides is 3. The zero-order valence-corrected chi connectivity index (χ0v) is 7.87. The van der Waals surface area contributed by atoms with Gasteiger partial charge in [-0.3, -0.25) is 0 Å². The Hall–Kier alpha value is -0.250. The van der Waals surface area contributed by atoms with Crippen LogP contribution in [-0.2, 0) is 0 Å². The molecule has 0 rings (SSSR count). The number of halogens is 3. The predicted molar refractivity (Wildman–Crippen MR) is 43.0 cm³/mol. The first-order valence-corrected chi connectivity index (χ1v) is 4.08. The molecule has 0 unspecified atom stereocenters. The molecule has 0 aliphatic rings. The SMILES string of the molecule is CC(C)N[C@H](C(C)C)C(F)(F)F. The van der Waals surface area contributed by atoms with E-state index in [1.807, 2.05) is 0 Å². The second kappa shape index (κ2) is 4.12. The topological polar surface area (TPSA) is 12.0 Å². The van der Waals surface area contributed by atoms with Gasteiger partial charge in [0.1, 0.15) is 6.04 Å². The third kappa shape index (κ3) is 3.95. The van der Waals surface area contributed by atoms with Gasteiger partial charge in [-0.05, 0) is 5.92 Å². The molecule has 0 bridgehead atoms. The van der Waals surface area contributed by atoms with E-state index in [9.17, 15) is 13.2 Å². The lowest BCUT2D eigenvalue weighted by molar-refractivity contribution is -0.166. The van der Waals surface area contributed by atoms with Crippen LogP contribution in [0.2, 0.25) is 0 Å². The summed E-state index contributed by atoms with van der Waals surface area (Å²) < 4.78 is 36.8. The van der Waals surface area contributed by atoms with Crippen LogP contribution in [0.4, 0.5) is 13.2 Å². The molecule has 0 saturated carbocycles. The van der Waals surface area contributed by atoms with E-state index < -0.39 is 18.1 Å². The van der Waals surface area contributed by atoms with Crippen molar-refractivity contribution in [2.75, 3.05) is 0 Å². The predicted octanol–water partition coefficient (Wildman–Crippen LogP) is 2.57. The lowest BCUT2D eigenvalue weighted by Crippen LogP contribution is -2.48. The van der Waals surface area contributed by atoms with E-state index in [4.69, 9.17) is 0 Å². The molecule has 0 radical (unpaired) electrons. The van der Waals surface area contributed by atoms with Crippen molar-refractivity contribution >= 4 is 0 Å². The summed E-state index contributed by atoms with van der Waals surface area (Å²) in [4.78, 5) is 0. The molecule has 0 aromatic carbocycles. The summed E-state index contributed by atoms with van der Waals surface area (Å²) in [5.41, 5.74) is 0. The average molecular weight is 183 g/mol. The molecule has 0 spiro atoms. The largest absolute Gasteiger partial charge is 0.404 e. The second-order valence-electron chi connectivity index (χ2n) is 3.58. The molecule has 0 saturated heterocycles. The third-order valence-corrected chi connectivity index (χ3v) is 1.53. The van der Waals surface area contributed by atoms with Crippen LogP contribution in [0.3, 0.4) is 0 Å². The molecule has 0 aromatic heterocycles. The van der Waals surface area contributed by atoms with E-state index >= 15 is 0 Å². The van der Waals surface area contributed by atoms with Crippen molar-refractivity contribution in [2.45, 2.75) is 46.0 Å². The lowest BCUT2D eigenvalue weighted by atomic mass is 10.0. The monoisotopic (exact) mass is 183 g/mol. The first kappa shape index (κ1) is 11.8. The van der Waals surface area contributed by atoms with E-state index in [0.717, 1.165) is 0 Å². The van der Waals surface area contributed by atoms with Gasteiger partial charge in [0.15, 0.2) is 0 Å². The fourth-order valence-corrected chi connectivity index (χ4v) is 1.02. The van der Waals surface area contributed by atoms with Gasteiger partial charge in [0.05, 0.1) is 0 Å². The van der Waals surface area contributed by atoms with Crippen molar-refractivity contribution in [1.82, 2.24) is 5.32 Å². The van der Waals surface area contributed by atoms with Gasteiger partial charge in [0.25, 0.3) is 0 Å². The van der Waals surface area contributed by atoms with Crippen molar-refractivity contribution in [3.63, 3.8) is 0 Å². The number of nitrogens with one attached hydrogen (secondary N) is 1. The minimum Gasteiger partial charge on any atom is -0.304 e. The highest BCUT2D eigenvalue weighted by Gasteiger charge is 2.41. The van der Waals surface area contributed by atoms with Crippen LogP contribution in [0, 0.1) is 5.92 Å². The molecule has 0 amide bonds. The Bertz CT molecular complexity index is 129. The van der Waals surface area contributed by atoms with Crippen molar-refractivity contribution in [3.05, 3.63) is 0 Å². The van der Waals surface area contributed by atoms with E-state index in [1.165, 1.54) is 0 Å². The van der Waals surface area contributed by atoms with Crippen molar-refractivity contribution in [3.8, 4) is 0 Å². The zero-order valence-electron chi connectivity index (χ0n) is 7.87. The summed E-state index contributed by atoms with van der Waals surface area (Å²) in [6.45, 7) is 6.54. The van der Waals surface area contributed by atoms with Gasteiger partial charge in [-0.2, -0.15) is 13.2 Å². The van der Waals surface area contributed by atoms with Crippen LogP contribution in [0.1, 0.15) is 27.7 Å². The van der Waals surface area contributed by atoms with Gasteiger partial charge in [-0.15, -0.1) is 0 Å². The second-order valence-corrected chi connectivity index (χ2v) is 3.58. The number of hydrogen-bond acceptors (Lipinski definition) is 1. The van der Waals surface area contributed by atoms with Crippen LogP contribution in [-0.4, -0.2) is 18.3 Å². The minimum absolute atomic E-state index is 0.140. The first-order chi connectivity index (χ1) is 5.25. The molecule has 1 nitrogen and oxygen atoms in total. The maximum atomic E-state index is 12.3. The third-order valence-electron chi connectivity index (χ3n) is 1.53. The average Bonchev–Trinajstić information content (AvgIpc) is 1.79.